The summed E-state index contributed by atoms with van der Waals surface area (Å²) in [5.41, 5.74) is 0. The Labute approximate surface area is 131 Å². The van der Waals surface area contributed by atoms with Crippen LogP contribution in [0.4, 0.5) is 0 Å². The Bertz CT molecular complexity index is 487. The minimum atomic E-state index is -1.67. The Morgan fingerprint density at radius 2 is 1.35 bits per heavy atom. The Morgan fingerprint density at radius 3 is 1.78 bits per heavy atom. The summed E-state index contributed by atoms with van der Waals surface area (Å²) >= 11 is 0. The van der Waals surface area contributed by atoms with E-state index in [1.54, 1.807) is 0 Å². The lowest BCUT2D eigenvalue weighted by molar-refractivity contribution is -0.291. The van der Waals surface area contributed by atoms with Crippen molar-refractivity contribution >= 4 is 23.9 Å². The van der Waals surface area contributed by atoms with Gasteiger partial charge in [-0.05, 0) is 0 Å². The maximum atomic E-state index is 11.8. The number of carbonyl (C=O) groups is 4. The van der Waals surface area contributed by atoms with E-state index in [4.69, 9.17) is 18.9 Å². The fourth-order valence-electron chi connectivity index (χ4n) is 2.04. The molecule has 0 unspecified atom stereocenters. The molecular weight excluding hydrogens is 316 g/mol. The van der Waals surface area contributed by atoms with Crippen molar-refractivity contribution in [1.82, 2.24) is 0 Å². The van der Waals surface area contributed by atoms with E-state index in [1.807, 2.05) is 0 Å². The van der Waals surface area contributed by atoms with E-state index < -0.39 is 54.6 Å². The van der Waals surface area contributed by atoms with Crippen LogP contribution in [0.2, 0.25) is 0 Å². The smallest absolute Gasteiger partial charge is 0.339 e. The number of aliphatic hydroxyl groups is 1. The molecule has 1 saturated heterocycles. The summed E-state index contributed by atoms with van der Waals surface area (Å²) in [5.74, 6) is -3.37. The van der Waals surface area contributed by atoms with E-state index in [-0.39, 0.29) is 0 Å². The molecule has 0 aliphatic carbocycles. The lowest BCUT2D eigenvalue weighted by atomic mass is 9.98. The van der Waals surface area contributed by atoms with E-state index >= 15 is 0 Å². The molecule has 0 amide bonds. The van der Waals surface area contributed by atoms with Gasteiger partial charge >= 0.3 is 23.9 Å². The van der Waals surface area contributed by atoms with Crippen molar-refractivity contribution < 1.29 is 48.0 Å². The predicted octanol–water partition coefficient (Wildman–Crippen LogP) is -1.33. The van der Waals surface area contributed by atoms with E-state index in [1.165, 1.54) is 0 Å². The highest BCUT2D eigenvalue weighted by atomic mass is 16.7. The van der Waals surface area contributed by atoms with Crippen molar-refractivity contribution in [3.8, 4) is 0 Å². The van der Waals surface area contributed by atoms with Crippen molar-refractivity contribution in [2.45, 2.75) is 51.5 Å². The number of esters is 4. The second-order valence-corrected chi connectivity index (χ2v) is 4.70. The van der Waals surface area contributed by atoms with Gasteiger partial charge < -0.3 is 28.8 Å². The average Bonchev–Trinajstić information content (AvgIpc) is 2.43. The van der Waals surface area contributed by atoms with E-state index in [0.717, 1.165) is 27.9 Å². The molecule has 5 atom stereocenters. The first kappa shape index (κ1) is 18.8. The number of methoxy groups -OCH3 is 1. The number of hydrogen-bond donors (Lipinski definition) is 1. The van der Waals surface area contributed by atoms with Crippen molar-refractivity contribution in [3.63, 3.8) is 0 Å². The third-order valence-corrected chi connectivity index (χ3v) is 2.84. The second-order valence-electron chi connectivity index (χ2n) is 4.70. The van der Waals surface area contributed by atoms with Gasteiger partial charge in [-0.3, -0.25) is 14.4 Å². The van der Waals surface area contributed by atoms with E-state index in [0.29, 0.717) is 0 Å². The number of aliphatic hydroxyl groups excluding tert-OH is 1. The Morgan fingerprint density at radius 1 is 0.870 bits per heavy atom. The molecule has 130 valence electrons. The second kappa shape index (κ2) is 7.88. The lowest BCUT2D eigenvalue weighted by Gasteiger charge is -2.41. The molecule has 1 aliphatic rings. The summed E-state index contributed by atoms with van der Waals surface area (Å²) in [6.45, 7) is 3.17. The predicted molar refractivity (Wildman–Crippen MR) is 69.6 cm³/mol. The fraction of sp³-hybridized carbons (Fsp3) is 0.692. The first-order valence-electron chi connectivity index (χ1n) is 6.60. The number of ether oxygens (including phenoxy) is 5. The van der Waals surface area contributed by atoms with Crippen LogP contribution in [-0.2, 0) is 42.9 Å². The topological polar surface area (TPSA) is 135 Å². The van der Waals surface area contributed by atoms with Crippen LogP contribution in [0.15, 0.2) is 0 Å². The van der Waals surface area contributed by atoms with Gasteiger partial charge in [-0.2, -0.15) is 0 Å². The maximum absolute atomic E-state index is 11.8. The molecule has 23 heavy (non-hydrogen) atoms. The third kappa shape index (κ3) is 4.89. The van der Waals surface area contributed by atoms with Gasteiger partial charge in [0.2, 0.25) is 6.29 Å². The largest absolute Gasteiger partial charge is 0.467 e. The van der Waals surface area contributed by atoms with Gasteiger partial charge in [0.25, 0.3) is 0 Å². The van der Waals surface area contributed by atoms with Crippen molar-refractivity contribution in [2.75, 3.05) is 7.11 Å². The SMILES string of the molecule is COC(=O)[C@H]1O[C@H](OC(C)=O)[C@H](O)[C@@H](OC(C)=O)[C@H]1OC(C)=O. The van der Waals surface area contributed by atoms with Gasteiger partial charge in [0.05, 0.1) is 7.11 Å². The molecule has 10 nitrogen and oxygen atoms in total. The zero-order valence-corrected chi connectivity index (χ0v) is 13.0. The average molecular weight is 334 g/mol. The van der Waals surface area contributed by atoms with Crippen LogP contribution < -0.4 is 0 Å². The van der Waals surface area contributed by atoms with Crippen molar-refractivity contribution in [3.05, 3.63) is 0 Å². The van der Waals surface area contributed by atoms with Crippen LogP contribution in [0.5, 0.6) is 0 Å². The van der Waals surface area contributed by atoms with Crippen LogP contribution >= 0.6 is 0 Å². The normalized spacial score (nSPS) is 30.0. The molecule has 0 radical (unpaired) electrons. The molecule has 0 aromatic carbocycles. The molecule has 0 bridgehead atoms. The Hall–Kier alpha value is -2.20. The molecule has 1 rings (SSSR count). The highest BCUT2D eigenvalue weighted by Gasteiger charge is 2.53. The zero-order chi connectivity index (χ0) is 17.7. The first-order valence-corrected chi connectivity index (χ1v) is 6.60. The van der Waals surface area contributed by atoms with E-state index in [2.05, 4.69) is 4.74 Å². The molecule has 0 saturated carbocycles. The van der Waals surface area contributed by atoms with Gasteiger partial charge in [-0.15, -0.1) is 0 Å². The Kier molecular flexibility index (Phi) is 6.46. The summed E-state index contributed by atoms with van der Waals surface area (Å²) in [6, 6.07) is 0. The van der Waals surface area contributed by atoms with Crippen LogP contribution in [0.1, 0.15) is 20.8 Å². The zero-order valence-electron chi connectivity index (χ0n) is 13.0. The van der Waals surface area contributed by atoms with Gasteiger partial charge in [0.15, 0.2) is 24.4 Å². The van der Waals surface area contributed by atoms with Crippen LogP contribution in [0, 0.1) is 0 Å². The summed E-state index contributed by atoms with van der Waals surface area (Å²) < 4.78 is 24.2. The summed E-state index contributed by atoms with van der Waals surface area (Å²) in [7, 11) is 1.06. The van der Waals surface area contributed by atoms with E-state index in [9.17, 15) is 24.3 Å². The highest BCUT2D eigenvalue weighted by molar-refractivity contribution is 5.77. The number of hydrogen-bond acceptors (Lipinski definition) is 10. The molecule has 1 aliphatic heterocycles. The molecular formula is C13H18O10. The maximum Gasteiger partial charge on any atom is 0.339 e. The van der Waals surface area contributed by atoms with Crippen LogP contribution in [0.3, 0.4) is 0 Å². The van der Waals surface area contributed by atoms with Gasteiger partial charge in [0.1, 0.15) is 0 Å². The minimum absolute atomic E-state index is 0.801. The summed E-state index contributed by atoms with van der Waals surface area (Å²) in [6.07, 6.45) is -7.79. The monoisotopic (exact) mass is 334 g/mol. The minimum Gasteiger partial charge on any atom is -0.467 e. The van der Waals surface area contributed by atoms with Gasteiger partial charge in [-0.1, -0.05) is 0 Å². The van der Waals surface area contributed by atoms with Gasteiger partial charge in [-0.25, -0.2) is 4.79 Å². The Balaban J connectivity index is 3.17. The number of carbonyl (C=O) groups excluding carboxylic acids is 4. The third-order valence-electron chi connectivity index (χ3n) is 2.84. The van der Waals surface area contributed by atoms with Crippen molar-refractivity contribution in [1.29, 1.82) is 0 Å². The lowest BCUT2D eigenvalue weighted by Crippen LogP contribution is -2.63. The quantitative estimate of drug-likeness (QED) is 0.486. The van der Waals surface area contributed by atoms with Gasteiger partial charge in [0, 0.05) is 20.8 Å². The molecule has 0 spiro atoms. The first-order chi connectivity index (χ1) is 10.7. The number of rotatable bonds is 4. The molecule has 1 heterocycles. The molecule has 1 N–H and O–H groups in total. The molecule has 10 heteroatoms. The standard InChI is InChI=1S/C13H18O10/c1-5(14)20-9-8(17)13(22-7(3)16)23-11(12(18)19-4)10(9)21-6(2)15/h8-11,13,17H,1-4H3/t8-,9-,10-,11+,13+/m1/s1. The van der Waals surface area contributed by atoms with Crippen LogP contribution in [-0.4, -0.2) is 66.8 Å². The molecule has 1 fully saturated rings. The van der Waals surface area contributed by atoms with Crippen molar-refractivity contribution in [2.24, 2.45) is 0 Å². The molecule has 0 aromatic heterocycles. The molecule has 0 aromatic rings. The summed E-state index contributed by atoms with van der Waals surface area (Å²) in [5, 5.41) is 10.2. The highest BCUT2D eigenvalue weighted by Crippen LogP contribution is 2.28. The fourth-order valence-corrected chi connectivity index (χ4v) is 2.04. The summed E-state index contributed by atoms with van der Waals surface area (Å²) in [4.78, 5) is 45.3. The van der Waals surface area contributed by atoms with Crippen LogP contribution in [0.25, 0.3) is 0 Å².